The van der Waals surface area contributed by atoms with E-state index in [1.165, 1.54) is 13.2 Å². The molecule has 1 aromatic carbocycles. The van der Waals surface area contributed by atoms with E-state index in [-0.39, 0.29) is 16.8 Å². The second-order valence-corrected chi connectivity index (χ2v) is 3.53. The maximum absolute atomic E-state index is 13.7. The van der Waals surface area contributed by atoms with Crippen LogP contribution in [0.3, 0.4) is 0 Å². The Labute approximate surface area is 97.9 Å². The van der Waals surface area contributed by atoms with Crippen LogP contribution < -0.4 is 10.2 Å². The first-order valence-electron chi connectivity index (χ1n) is 5.10. The van der Waals surface area contributed by atoms with E-state index in [0.29, 0.717) is 13.2 Å². The number of methoxy groups -OCH3 is 1. The van der Waals surface area contributed by atoms with E-state index in [9.17, 15) is 4.39 Å². The maximum Gasteiger partial charge on any atom is 0.492 e. The Kier molecular flexibility index (Phi) is 3.63. The van der Waals surface area contributed by atoms with Crippen LogP contribution in [0, 0.1) is 5.82 Å². The van der Waals surface area contributed by atoms with E-state index in [2.05, 4.69) is 0 Å². The molecule has 0 aliphatic carbocycles. The maximum atomic E-state index is 13.7. The van der Waals surface area contributed by atoms with Crippen molar-refractivity contribution in [2.24, 2.45) is 0 Å². The minimum Gasteiger partial charge on any atom is -0.497 e. The van der Waals surface area contributed by atoms with E-state index < -0.39 is 19.2 Å². The largest absolute Gasteiger partial charge is 0.497 e. The molecule has 17 heavy (non-hydrogen) atoms. The van der Waals surface area contributed by atoms with Crippen LogP contribution in [-0.4, -0.2) is 37.5 Å². The van der Waals surface area contributed by atoms with Crippen molar-refractivity contribution in [2.45, 2.75) is 6.29 Å². The molecule has 92 valence electrons. The minimum absolute atomic E-state index is 0.0342. The molecular formula is C10H12BFO5. The molecule has 1 aliphatic heterocycles. The first-order chi connectivity index (χ1) is 8.15. The fourth-order valence-electron chi connectivity index (χ4n) is 1.77. The van der Waals surface area contributed by atoms with Gasteiger partial charge in [0, 0.05) is 5.46 Å². The van der Waals surface area contributed by atoms with Crippen molar-refractivity contribution >= 4 is 12.6 Å². The van der Waals surface area contributed by atoms with Crippen LogP contribution >= 0.6 is 0 Å². The van der Waals surface area contributed by atoms with Crippen LogP contribution in [0.4, 0.5) is 4.39 Å². The lowest BCUT2D eigenvalue weighted by molar-refractivity contribution is -0.0478. The molecule has 1 fully saturated rings. The van der Waals surface area contributed by atoms with Crippen molar-refractivity contribution in [1.82, 2.24) is 0 Å². The quantitative estimate of drug-likeness (QED) is 0.703. The predicted octanol–water partition coefficient (Wildman–Crippen LogP) is -0.441. The van der Waals surface area contributed by atoms with Crippen LogP contribution in [0.1, 0.15) is 11.9 Å². The molecule has 0 saturated carbocycles. The molecule has 0 bridgehead atoms. The second kappa shape index (κ2) is 5.01. The Hall–Kier alpha value is -1.15. The summed E-state index contributed by atoms with van der Waals surface area (Å²) in [6.07, 6.45) is -0.872. The Morgan fingerprint density at radius 3 is 2.53 bits per heavy atom. The Morgan fingerprint density at radius 1 is 1.35 bits per heavy atom. The summed E-state index contributed by atoms with van der Waals surface area (Å²) in [6, 6.07) is 2.37. The topological polar surface area (TPSA) is 68.2 Å². The number of hydrogen-bond acceptors (Lipinski definition) is 5. The van der Waals surface area contributed by atoms with Gasteiger partial charge in [-0.2, -0.15) is 0 Å². The molecule has 0 radical (unpaired) electrons. The summed E-state index contributed by atoms with van der Waals surface area (Å²) in [7, 11) is -0.426. The fraction of sp³-hybridized carbons (Fsp3) is 0.400. The molecule has 1 saturated heterocycles. The number of ether oxygens (including phenoxy) is 3. The van der Waals surface area contributed by atoms with Crippen molar-refractivity contribution in [3.05, 3.63) is 23.5 Å². The van der Waals surface area contributed by atoms with Crippen LogP contribution in [0.15, 0.2) is 12.1 Å². The van der Waals surface area contributed by atoms with Gasteiger partial charge < -0.3 is 24.3 Å². The van der Waals surface area contributed by atoms with Crippen LogP contribution in [0.25, 0.3) is 0 Å². The third kappa shape index (κ3) is 2.27. The first kappa shape index (κ1) is 12.3. The third-order valence-corrected chi connectivity index (χ3v) is 2.51. The number of rotatable bonds is 3. The zero-order valence-electron chi connectivity index (χ0n) is 9.22. The van der Waals surface area contributed by atoms with Gasteiger partial charge in [0.25, 0.3) is 0 Å². The van der Waals surface area contributed by atoms with Crippen LogP contribution in [0.5, 0.6) is 5.75 Å². The van der Waals surface area contributed by atoms with E-state index >= 15 is 0 Å². The molecule has 0 amide bonds. The lowest BCUT2D eigenvalue weighted by Gasteiger charge is -2.17. The van der Waals surface area contributed by atoms with E-state index in [1.807, 2.05) is 0 Å². The summed E-state index contributed by atoms with van der Waals surface area (Å²) in [5.41, 5.74) is 0.124. The predicted molar refractivity (Wildman–Crippen MR) is 57.4 cm³/mol. The van der Waals surface area contributed by atoms with Gasteiger partial charge in [-0.25, -0.2) is 4.39 Å². The highest BCUT2D eigenvalue weighted by Crippen LogP contribution is 2.32. The van der Waals surface area contributed by atoms with Gasteiger partial charge in [-0.1, -0.05) is 6.07 Å². The van der Waals surface area contributed by atoms with E-state index in [0.717, 1.165) is 6.07 Å². The molecule has 0 spiro atoms. The smallest absolute Gasteiger partial charge is 0.492 e. The van der Waals surface area contributed by atoms with Gasteiger partial charge in [-0.05, 0) is 6.07 Å². The molecule has 2 N–H and O–H groups in total. The Balaban J connectivity index is 2.50. The van der Waals surface area contributed by atoms with Crippen molar-refractivity contribution in [1.29, 1.82) is 0 Å². The normalized spacial score (nSPS) is 16.2. The van der Waals surface area contributed by atoms with Gasteiger partial charge in [0.2, 0.25) is 0 Å². The van der Waals surface area contributed by atoms with Crippen molar-refractivity contribution in [2.75, 3.05) is 20.3 Å². The molecule has 1 heterocycles. The minimum atomic E-state index is -1.74. The average molecular weight is 242 g/mol. The van der Waals surface area contributed by atoms with Gasteiger partial charge in [0.05, 0.1) is 25.9 Å². The summed E-state index contributed by atoms with van der Waals surface area (Å²) in [6.45, 7) is 0.721. The molecule has 0 aromatic heterocycles. The molecule has 0 unspecified atom stereocenters. The van der Waals surface area contributed by atoms with Gasteiger partial charge in [-0.3, -0.25) is 0 Å². The number of benzene rings is 1. The van der Waals surface area contributed by atoms with Crippen molar-refractivity contribution in [3.63, 3.8) is 0 Å². The monoisotopic (exact) mass is 242 g/mol. The van der Waals surface area contributed by atoms with E-state index in [1.54, 1.807) is 0 Å². The average Bonchev–Trinajstić information content (AvgIpc) is 2.81. The van der Waals surface area contributed by atoms with Crippen molar-refractivity contribution < 1.29 is 28.6 Å². The fourth-order valence-corrected chi connectivity index (χ4v) is 1.77. The summed E-state index contributed by atoms with van der Waals surface area (Å²) in [4.78, 5) is 0. The standard InChI is InChI=1S/C10H12BFO5/c1-15-9-6(11(13)14)2-3-7(12)8(9)10-16-4-5-17-10/h2-3,10,13-14H,4-5H2,1H3. The van der Waals surface area contributed by atoms with Gasteiger partial charge >= 0.3 is 7.12 Å². The lowest BCUT2D eigenvalue weighted by Crippen LogP contribution is -2.32. The highest BCUT2D eigenvalue weighted by molar-refractivity contribution is 6.59. The van der Waals surface area contributed by atoms with Crippen molar-refractivity contribution in [3.8, 4) is 5.75 Å². The second-order valence-electron chi connectivity index (χ2n) is 3.53. The molecule has 1 aliphatic rings. The third-order valence-electron chi connectivity index (χ3n) is 2.51. The summed E-state index contributed by atoms with van der Waals surface area (Å²) in [5, 5.41) is 18.3. The lowest BCUT2D eigenvalue weighted by atomic mass is 9.78. The van der Waals surface area contributed by atoms with Gasteiger partial charge in [-0.15, -0.1) is 0 Å². The zero-order chi connectivity index (χ0) is 12.4. The Bertz CT molecular complexity index is 406. The summed E-state index contributed by atoms with van der Waals surface area (Å²) < 4.78 is 29.1. The van der Waals surface area contributed by atoms with Gasteiger partial charge in [0.15, 0.2) is 6.29 Å². The highest BCUT2D eigenvalue weighted by Gasteiger charge is 2.30. The summed E-state index contributed by atoms with van der Waals surface area (Å²) >= 11 is 0. The number of halogens is 1. The van der Waals surface area contributed by atoms with Crippen LogP contribution in [0.2, 0.25) is 0 Å². The Morgan fingerprint density at radius 2 is 2.00 bits per heavy atom. The molecule has 2 rings (SSSR count). The SMILES string of the molecule is COc1c(B(O)O)ccc(F)c1C1OCCO1. The molecule has 7 heteroatoms. The molecule has 0 atom stereocenters. The number of hydrogen-bond donors (Lipinski definition) is 2. The molecule has 5 nitrogen and oxygen atoms in total. The molecular weight excluding hydrogens is 230 g/mol. The van der Waals surface area contributed by atoms with Crippen LogP contribution in [-0.2, 0) is 9.47 Å². The zero-order valence-corrected chi connectivity index (χ0v) is 9.22. The highest BCUT2D eigenvalue weighted by atomic mass is 19.1. The first-order valence-corrected chi connectivity index (χ1v) is 5.10. The summed E-state index contributed by atoms with van der Waals surface area (Å²) in [5.74, 6) is -0.537. The van der Waals surface area contributed by atoms with E-state index in [4.69, 9.17) is 24.3 Å². The molecule has 1 aromatic rings. The van der Waals surface area contributed by atoms with Gasteiger partial charge in [0.1, 0.15) is 11.6 Å².